The molecule has 0 atom stereocenters. The van der Waals surface area contributed by atoms with Crippen LogP contribution in [0.1, 0.15) is 46.5 Å². The van der Waals surface area contributed by atoms with E-state index in [1.807, 2.05) is 13.8 Å². The molecule has 14 heavy (non-hydrogen) atoms. The van der Waals surface area contributed by atoms with Crippen molar-refractivity contribution in [3.05, 3.63) is 0 Å². The molecular formula is C11H22O3. The monoisotopic (exact) mass is 202 g/mol. The lowest BCUT2D eigenvalue weighted by Crippen LogP contribution is -2.09. The van der Waals surface area contributed by atoms with E-state index < -0.39 is 0 Å². The Morgan fingerprint density at radius 1 is 1.21 bits per heavy atom. The highest BCUT2D eigenvalue weighted by Gasteiger charge is 2.02. The van der Waals surface area contributed by atoms with E-state index in [-0.39, 0.29) is 12.1 Å². The maximum atomic E-state index is 11.1. The molecule has 0 unspecified atom stereocenters. The Balaban J connectivity index is 3.18. The van der Waals surface area contributed by atoms with Crippen LogP contribution in [0.5, 0.6) is 0 Å². The van der Waals surface area contributed by atoms with Crippen molar-refractivity contribution in [3.8, 4) is 0 Å². The van der Waals surface area contributed by atoms with Crippen LogP contribution in [0.3, 0.4) is 0 Å². The fourth-order valence-corrected chi connectivity index (χ4v) is 0.938. The summed E-state index contributed by atoms with van der Waals surface area (Å²) < 4.78 is 10.3. The van der Waals surface area contributed by atoms with Crippen LogP contribution >= 0.6 is 0 Å². The molecule has 3 nitrogen and oxygen atoms in total. The van der Waals surface area contributed by atoms with E-state index in [9.17, 15) is 4.79 Å². The average molecular weight is 202 g/mol. The number of hydrogen-bond acceptors (Lipinski definition) is 3. The molecular weight excluding hydrogens is 180 g/mol. The lowest BCUT2D eigenvalue weighted by Gasteiger charge is -2.07. The van der Waals surface area contributed by atoms with Gasteiger partial charge in [-0.15, -0.1) is 0 Å². The summed E-state index contributed by atoms with van der Waals surface area (Å²) in [6.45, 7) is 7.24. The van der Waals surface area contributed by atoms with Crippen LogP contribution in [-0.4, -0.2) is 25.3 Å². The van der Waals surface area contributed by atoms with Crippen LogP contribution in [-0.2, 0) is 14.3 Å². The minimum Gasteiger partial charge on any atom is -0.466 e. The molecule has 84 valence electrons. The predicted octanol–water partition coefficient (Wildman–Crippen LogP) is 2.53. The molecule has 0 bridgehead atoms. The first kappa shape index (κ1) is 13.4. The molecule has 0 aliphatic rings. The number of rotatable bonds is 8. The molecule has 0 heterocycles. The Hall–Kier alpha value is -0.570. The van der Waals surface area contributed by atoms with Gasteiger partial charge in [0.2, 0.25) is 0 Å². The van der Waals surface area contributed by atoms with Gasteiger partial charge in [-0.05, 0) is 26.7 Å². The molecule has 0 aromatic rings. The number of hydrogen-bond donors (Lipinski definition) is 0. The number of unbranched alkanes of at least 4 members (excludes halogenated alkanes) is 1. The normalized spacial score (nSPS) is 10.6. The zero-order valence-electron chi connectivity index (χ0n) is 9.54. The third-order valence-electron chi connectivity index (χ3n) is 1.74. The second-order valence-corrected chi connectivity index (χ2v) is 3.60. The predicted molar refractivity (Wildman–Crippen MR) is 56.2 cm³/mol. The van der Waals surface area contributed by atoms with Gasteiger partial charge in [0.05, 0.1) is 12.7 Å². The fraction of sp³-hybridized carbons (Fsp3) is 0.909. The Bertz CT molecular complexity index is 143. The minimum absolute atomic E-state index is 0.106. The Kier molecular flexibility index (Phi) is 8.64. The summed E-state index contributed by atoms with van der Waals surface area (Å²) in [6.07, 6.45) is 3.48. The van der Waals surface area contributed by atoms with Crippen molar-refractivity contribution in [2.24, 2.45) is 0 Å². The third kappa shape index (κ3) is 9.52. The molecule has 0 rings (SSSR count). The molecule has 3 heteroatoms. The average Bonchev–Trinajstić information content (AvgIpc) is 2.13. The van der Waals surface area contributed by atoms with Crippen molar-refractivity contribution in [1.82, 2.24) is 0 Å². The summed E-state index contributed by atoms with van der Waals surface area (Å²) in [5, 5.41) is 0. The van der Waals surface area contributed by atoms with Gasteiger partial charge in [-0.25, -0.2) is 0 Å². The molecule has 0 aromatic heterocycles. The third-order valence-corrected chi connectivity index (χ3v) is 1.74. The molecule has 0 saturated heterocycles. The zero-order chi connectivity index (χ0) is 10.8. The van der Waals surface area contributed by atoms with E-state index in [2.05, 4.69) is 6.92 Å². The van der Waals surface area contributed by atoms with Crippen LogP contribution in [0.25, 0.3) is 0 Å². The van der Waals surface area contributed by atoms with Crippen molar-refractivity contribution in [1.29, 1.82) is 0 Å². The summed E-state index contributed by atoms with van der Waals surface area (Å²) in [7, 11) is 0. The highest BCUT2D eigenvalue weighted by molar-refractivity contribution is 5.69. The largest absolute Gasteiger partial charge is 0.466 e. The molecule has 0 aliphatic heterocycles. The second-order valence-electron chi connectivity index (χ2n) is 3.60. The van der Waals surface area contributed by atoms with Gasteiger partial charge in [0.25, 0.3) is 0 Å². The number of esters is 1. The maximum Gasteiger partial charge on any atom is 0.305 e. The number of carbonyl (C=O) groups is 1. The van der Waals surface area contributed by atoms with Crippen molar-refractivity contribution in [2.45, 2.75) is 52.6 Å². The van der Waals surface area contributed by atoms with Gasteiger partial charge in [0, 0.05) is 13.0 Å². The van der Waals surface area contributed by atoms with Crippen LogP contribution in [0.15, 0.2) is 0 Å². The SMILES string of the molecule is CCCCOC(=O)CCCOC(C)C. The zero-order valence-corrected chi connectivity index (χ0v) is 9.54. The van der Waals surface area contributed by atoms with Gasteiger partial charge in [0.15, 0.2) is 0 Å². The first-order valence-electron chi connectivity index (χ1n) is 5.44. The topological polar surface area (TPSA) is 35.5 Å². The van der Waals surface area contributed by atoms with Crippen molar-refractivity contribution in [3.63, 3.8) is 0 Å². The van der Waals surface area contributed by atoms with Crippen molar-refractivity contribution in [2.75, 3.05) is 13.2 Å². The number of carbonyl (C=O) groups excluding carboxylic acids is 1. The van der Waals surface area contributed by atoms with Crippen molar-refractivity contribution >= 4 is 5.97 Å². The van der Waals surface area contributed by atoms with E-state index >= 15 is 0 Å². The van der Waals surface area contributed by atoms with Crippen LogP contribution < -0.4 is 0 Å². The van der Waals surface area contributed by atoms with Crippen LogP contribution in [0.4, 0.5) is 0 Å². The van der Waals surface area contributed by atoms with Gasteiger partial charge in [-0.1, -0.05) is 13.3 Å². The van der Waals surface area contributed by atoms with Gasteiger partial charge < -0.3 is 9.47 Å². The van der Waals surface area contributed by atoms with E-state index in [1.165, 1.54) is 0 Å². The molecule has 0 N–H and O–H groups in total. The van der Waals surface area contributed by atoms with Crippen LogP contribution in [0, 0.1) is 0 Å². The molecule has 0 saturated carbocycles. The standard InChI is InChI=1S/C11H22O3/c1-4-5-8-14-11(12)7-6-9-13-10(2)3/h10H,4-9H2,1-3H3. The summed E-state index contributed by atoms with van der Waals surface area (Å²) >= 11 is 0. The molecule has 0 aromatic carbocycles. The smallest absolute Gasteiger partial charge is 0.305 e. The lowest BCUT2D eigenvalue weighted by molar-refractivity contribution is -0.144. The van der Waals surface area contributed by atoms with Gasteiger partial charge in [-0.3, -0.25) is 4.79 Å². The Morgan fingerprint density at radius 3 is 2.50 bits per heavy atom. The molecule has 0 aliphatic carbocycles. The molecule has 0 fully saturated rings. The first-order chi connectivity index (χ1) is 6.66. The van der Waals surface area contributed by atoms with Gasteiger partial charge in [0.1, 0.15) is 0 Å². The second kappa shape index (κ2) is 9.00. The highest BCUT2D eigenvalue weighted by atomic mass is 16.5. The summed E-state index contributed by atoms with van der Waals surface area (Å²) in [5.41, 5.74) is 0. The number of ether oxygens (including phenoxy) is 2. The minimum atomic E-state index is -0.106. The maximum absolute atomic E-state index is 11.1. The summed E-state index contributed by atoms with van der Waals surface area (Å²) in [4.78, 5) is 11.1. The summed E-state index contributed by atoms with van der Waals surface area (Å²) in [5.74, 6) is -0.106. The van der Waals surface area contributed by atoms with E-state index in [0.717, 1.165) is 19.3 Å². The van der Waals surface area contributed by atoms with Gasteiger partial charge >= 0.3 is 5.97 Å². The molecule has 0 radical (unpaired) electrons. The summed E-state index contributed by atoms with van der Waals surface area (Å²) in [6, 6.07) is 0. The lowest BCUT2D eigenvalue weighted by atomic mass is 10.3. The van der Waals surface area contributed by atoms with Gasteiger partial charge in [-0.2, -0.15) is 0 Å². The van der Waals surface area contributed by atoms with E-state index in [1.54, 1.807) is 0 Å². The first-order valence-corrected chi connectivity index (χ1v) is 5.44. The molecule has 0 amide bonds. The van der Waals surface area contributed by atoms with E-state index in [4.69, 9.17) is 9.47 Å². The van der Waals surface area contributed by atoms with Crippen LogP contribution in [0.2, 0.25) is 0 Å². The Labute approximate surface area is 86.8 Å². The van der Waals surface area contributed by atoms with E-state index in [0.29, 0.717) is 19.6 Å². The Morgan fingerprint density at radius 2 is 1.93 bits per heavy atom. The fourth-order valence-electron chi connectivity index (χ4n) is 0.938. The van der Waals surface area contributed by atoms with Crippen molar-refractivity contribution < 1.29 is 14.3 Å². The quantitative estimate of drug-likeness (QED) is 0.448. The molecule has 0 spiro atoms. The highest BCUT2D eigenvalue weighted by Crippen LogP contribution is 1.97.